The number of alkyl halides is 1. The van der Waals surface area contributed by atoms with E-state index in [1.165, 1.54) is 26.2 Å². The summed E-state index contributed by atoms with van der Waals surface area (Å²) in [5.74, 6) is -1.09. The zero-order valence-corrected chi connectivity index (χ0v) is 11.5. The Morgan fingerprint density at radius 3 is 2.44 bits per heavy atom. The van der Waals surface area contributed by atoms with E-state index in [1.807, 2.05) is 0 Å². The molecule has 0 aliphatic carbocycles. The Labute approximate surface area is 113 Å². The number of benzene rings is 1. The summed E-state index contributed by atoms with van der Waals surface area (Å²) in [6.07, 6.45) is -1.61. The van der Waals surface area contributed by atoms with E-state index in [0.29, 0.717) is 11.3 Å². The molecule has 18 heavy (non-hydrogen) atoms. The zero-order chi connectivity index (χ0) is 13.9. The fourth-order valence-corrected chi connectivity index (χ4v) is 1.85. The molecule has 5 nitrogen and oxygen atoms in total. The van der Waals surface area contributed by atoms with Crippen molar-refractivity contribution in [3.8, 4) is 5.75 Å². The van der Waals surface area contributed by atoms with E-state index in [0.717, 1.165) is 0 Å². The van der Waals surface area contributed by atoms with Crippen LogP contribution < -0.4 is 4.74 Å². The second-order valence-electron chi connectivity index (χ2n) is 3.72. The van der Waals surface area contributed by atoms with Crippen LogP contribution in [0.2, 0.25) is 0 Å². The Balaban J connectivity index is 3.19. The summed E-state index contributed by atoms with van der Waals surface area (Å²) in [5, 5.41) is 18.1. The highest BCUT2D eigenvalue weighted by Crippen LogP contribution is 2.33. The third-order valence-electron chi connectivity index (χ3n) is 2.44. The number of hydrogen-bond acceptors (Lipinski definition) is 4. The Morgan fingerprint density at radius 2 is 2.00 bits per heavy atom. The predicted molar refractivity (Wildman–Crippen MR) is 67.9 cm³/mol. The van der Waals surface area contributed by atoms with E-state index in [9.17, 15) is 14.7 Å². The molecule has 0 aliphatic heterocycles. The molecule has 0 saturated carbocycles. The molecule has 1 rings (SSSR count). The standard InChI is InChI=1S/C12H13BrO5/c1-6(14)10(13)8-4-3-7(5-9(8)18-2)11(15)12(16)17/h3-5,10-11,15H,1-2H3,(H,16,17). The molecule has 0 spiro atoms. The number of carbonyl (C=O) groups is 2. The van der Waals surface area contributed by atoms with E-state index in [-0.39, 0.29) is 11.3 Å². The van der Waals surface area contributed by atoms with Crippen LogP contribution in [-0.2, 0) is 9.59 Å². The lowest BCUT2D eigenvalue weighted by atomic mass is 10.0. The number of rotatable bonds is 5. The number of aliphatic hydroxyl groups is 1. The number of ether oxygens (including phenoxy) is 1. The molecule has 0 radical (unpaired) electrons. The van der Waals surface area contributed by atoms with E-state index in [4.69, 9.17) is 9.84 Å². The van der Waals surface area contributed by atoms with Gasteiger partial charge in [0.2, 0.25) is 0 Å². The van der Waals surface area contributed by atoms with Gasteiger partial charge in [-0.25, -0.2) is 4.79 Å². The summed E-state index contributed by atoms with van der Waals surface area (Å²) in [5.41, 5.74) is 0.790. The minimum absolute atomic E-state index is 0.0974. The molecule has 0 aromatic heterocycles. The Bertz CT molecular complexity index is 472. The van der Waals surface area contributed by atoms with Crippen LogP contribution in [0, 0.1) is 0 Å². The number of ketones is 1. The second-order valence-corrected chi connectivity index (χ2v) is 4.63. The number of carbonyl (C=O) groups excluding carboxylic acids is 1. The van der Waals surface area contributed by atoms with Gasteiger partial charge in [0.25, 0.3) is 0 Å². The Morgan fingerprint density at radius 1 is 1.39 bits per heavy atom. The molecule has 0 aliphatic rings. The number of halogens is 1. The average Bonchev–Trinajstić information content (AvgIpc) is 2.35. The molecule has 2 N–H and O–H groups in total. The van der Waals surface area contributed by atoms with Crippen molar-refractivity contribution in [2.75, 3.05) is 7.11 Å². The van der Waals surface area contributed by atoms with Crippen molar-refractivity contribution in [3.63, 3.8) is 0 Å². The number of hydrogen-bond donors (Lipinski definition) is 2. The molecule has 0 bridgehead atoms. The van der Waals surface area contributed by atoms with Gasteiger partial charge in [-0.2, -0.15) is 0 Å². The summed E-state index contributed by atoms with van der Waals surface area (Å²) >= 11 is 3.22. The van der Waals surface area contributed by atoms with Crippen LogP contribution in [0.15, 0.2) is 18.2 Å². The highest BCUT2D eigenvalue weighted by molar-refractivity contribution is 9.09. The highest BCUT2D eigenvalue weighted by Gasteiger charge is 2.21. The lowest BCUT2D eigenvalue weighted by Crippen LogP contribution is -2.11. The molecule has 0 amide bonds. The van der Waals surface area contributed by atoms with Crippen LogP contribution in [0.25, 0.3) is 0 Å². The van der Waals surface area contributed by atoms with Crippen LogP contribution >= 0.6 is 15.9 Å². The van der Waals surface area contributed by atoms with Crippen molar-refractivity contribution >= 4 is 27.7 Å². The maximum absolute atomic E-state index is 11.3. The monoisotopic (exact) mass is 316 g/mol. The highest BCUT2D eigenvalue weighted by atomic mass is 79.9. The quantitative estimate of drug-likeness (QED) is 0.810. The van der Waals surface area contributed by atoms with Crippen molar-refractivity contribution in [2.45, 2.75) is 17.9 Å². The Kier molecular flexibility index (Phi) is 4.86. The lowest BCUT2D eigenvalue weighted by Gasteiger charge is -2.14. The summed E-state index contributed by atoms with van der Waals surface area (Å²) in [6, 6.07) is 4.42. The molecule has 0 saturated heterocycles. The number of aliphatic carboxylic acids is 1. The molecule has 0 fully saturated rings. The molecule has 0 heterocycles. The number of carboxylic acids is 1. The molecule has 98 valence electrons. The summed E-state index contributed by atoms with van der Waals surface area (Å²) < 4.78 is 5.10. The lowest BCUT2D eigenvalue weighted by molar-refractivity contribution is -0.147. The first-order valence-electron chi connectivity index (χ1n) is 5.11. The minimum atomic E-state index is -1.61. The zero-order valence-electron chi connectivity index (χ0n) is 9.88. The van der Waals surface area contributed by atoms with E-state index in [1.54, 1.807) is 6.07 Å². The van der Waals surface area contributed by atoms with Crippen molar-refractivity contribution in [2.24, 2.45) is 0 Å². The molecule has 1 aromatic carbocycles. The maximum Gasteiger partial charge on any atom is 0.337 e. The van der Waals surface area contributed by atoms with Gasteiger partial charge in [-0.15, -0.1) is 0 Å². The molecule has 6 heteroatoms. The number of Topliss-reactive ketones (excluding diaryl/α,β-unsaturated/α-hetero) is 1. The van der Waals surface area contributed by atoms with E-state index < -0.39 is 16.9 Å². The van der Waals surface area contributed by atoms with E-state index in [2.05, 4.69) is 15.9 Å². The van der Waals surface area contributed by atoms with Gasteiger partial charge >= 0.3 is 5.97 Å². The largest absolute Gasteiger partial charge is 0.496 e. The van der Waals surface area contributed by atoms with Crippen molar-refractivity contribution in [1.29, 1.82) is 0 Å². The fourth-order valence-electron chi connectivity index (χ4n) is 1.47. The molecule has 1 aromatic rings. The normalized spacial score (nSPS) is 13.8. The van der Waals surface area contributed by atoms with Gasteiger partial charge in [0.05, 0.1) is 7.11 Å². The van der Waals surface area contributed by atoms with Crippen LogP contribution in [0.1, 0.15) is 29.0 Å². The number of aliphatic hydroxyl groups excluding tert-OH is 1. The first kappa shape index (κ1) is 14.7. The van der Waals surface area contributed by atoms with Gasteiger partial charge in [0, 0.05) is 5.56 Å². The average molecular weight is 317 g/mol. The third kappa shape index (κ3) is 3.08. The van der Waals surface area contributed by atoms with Gasteiger partial charge in [0.15, 0.2) is 6.10 Å². The van der Waals surface area contributed by atoms with Crippen LogP contribution in [0.5, 0.6) is 5.75 Å². The van der Waals surface area contributed by atoms with Gasteiger partial charge in [-0.05, 0) is 18.6 Å². The van der Waals surface area contributed by atoms with Crippen molar-refractivity contribution < 1.29 is 24.5 Å². The molecular formula is C12H13BrO5. The second kappa shape index (κ2) is 5.97. The van der Waals surface area contributed by atoms with Crippen LogP contribution in [0.3, 0.4) is 0 Å². The van der Waals surface area contributed by atoms with Gasteiger partial charge < -0.3 is 14.9 Å². The van der Waals surface area contributed by atoms with Crippen molar-refractivity contribution in [3.05, 3.63) is 29.3 Å². The molecule has 2 atom stereocenters. The summed E-state index contributed by atoms with van der Waals surface area (Å²) in [7, 11) is 1.41. The van der Waals surface area contributed by atoms with Crippen LogP contribution in [0.4, 0.5) is 0 Å². The summed E-state index contributed by atoms with van der Waals surface area (Å²) in [4.78, 5) is 21.4. The molecular weight excluding hydrogens is 304 g/mol. The third-order valence-corrected chi connectivity index (χ3v) is 3.58. The fraction of sp³-hybridized carbons (Fsp3) is 0.333. The molecule has 2 unspecified atom stereocenters. The minimum Gasteiger partial charge on any atom is -0.496 e. The topological polar surface area (TPSA) is 83.8 Å². The Hall–Kier alpha value is -1.40. The summed E-state index contributed by atoms with van der Waals surface area (Å²) in [6.45, 7) is 1.43. The van der Waals surface area contributed by atoms with Gasteiger partial charge in [-0.3, -0.25) is 4.79 Å². The number of carboxylic acid groups (broad SMARTS) is 1. The van der Waals surface area contributed by atoms with E-state index >= 15 is 0 Å². The SMILES string of the molecule is COc1cc(C(O)C(=O)O)ccc1C(Br)C(C)=O. The van der Waals surface area contributed by atoms with Crippen molar-refractivity contribution in [1.82, 2.24) is 0 Å². The maximum atomic E-state index is 11.3. The smallest absolute Gasteiger partial charge is 0.337 e. The predicted octanol–water partition coefficient (Wildman–Crippen LogP) is 1.84. The first-order chi connectivity index (χ1) is 8.38. The first-order valence-corrected chi connectivity index (χ1v) is 6.03. The van der Waals surface area contributed by atoms with Gasteiger partial charge in [-0.1, -0.05) is 28.1 Å². The number of methoxy groups -OCH3 is 1. The van der Waals surface area contributed by atoms with Crippen LogP contribution in [-0.4, -0.2) is 29.1 Å². The van der Waals surface area contributed by atoms with Gasteiger partial charge in [0.1, 0.15) is 16.4 Å².